The van der Waals surface area contributed by atoms with Crippen LogP contribution in [0.15, 0.2) is 40.7 Å². The van der Waals surface area contributed by atoms with E-state index < -0.39 is 11.4 Å². The molecule has 0 radical (unpaired) electrons. The van der Waals surface area contributed by atoms with E-state index >= 15 is 0 Å². The third-order valence-corrected chi connectivity index (χ3v) is 7.25. The molecule has 0 spiro atoms. The second kappa shape index (κ2) is 8.60. The number of hydrogen-bond donors (Lipinski definition) is 4. The number of hydrazone groups is 1. The minimum absolute atomic E-state index is 0.00871. The van der Waals surface area contributed by atoms with Crippen LogP contribution < -0.4 is 10.7 Å². The first-order valence-corrected chi connectivity index (χ1v) is 11.5. The van der Waals surface area contributed by atoms with Crippen molar-refractivity contribution in [3.8, 4) is 0 Å². The van der Waals surface area contributed by atoms with Crippen LogP contribution in [0.4, 0.5) is 5.69 Å². The van der Waals surface area contributed by atoms with Gasteiger partial charge in [-0.05, 0) is 80.0 Å². The van der Waals surface area contributed by atoms with Crippen LogP contribution in [-0.2, 0) is 4.79 Å². The lowest BCUT2D eigenvalue weighted by Crippen LogP contribution is -2.56. The van der Waals surface area contributed by atoms with Gasteiger partial charge in [-0.1, -0.05) is 20.8 Å². The lowest BCUT2D eigenvalue weighted by atomic mass is 9.54. The Morgan fingerprint density at radius 2 is 1.53 bits per heavy atom. The zero-order chi connectivity index (χ0) is 23.0. The van der Waals surface area contributed by atoms with Crippen molar-refractivity contribution in [3.05, 3.63) is 41.2 Å². The van der Waals surface area contributed by atoms with Gasteiger partial charge in [0, 0.05) is 11.5 Å². The number of allylic oxidation sites excluding steroid dienone is 1. The molecule has 0 aromatic heterocycles. The van der Waals surface area contributed by atoms with E-state index in [0.29, 0.717) is 17.5 Å². The molecule has 1 amide bonds. The van der Waals surface area contributed by atoms with E-state index in [2.05, 4.69) is 15.8 Å². The maximum absolute atomic E-state index is 13.3. The molecule has 4 aliphatic carbocycles. The van der Waals surface area contributed by atoms with Gasteiger partial charge in [-0.25, -0.2) is 4.79 Å². The van der Waals surface area contributed by atoms with Crippen molar-refractivity contribution in [1.29, 1.82) is 0 Å². The predicted octanol–water partition coefficient (Wildman–Crippen LogP) is 4.58. The normalized spacial score (nSPS) is 29.7. The van der Waals surface area contributed by atoms with Crippen molar-refractivity contribution in [2.45, 2.75) is 58.9 Å². The van der Waals surface area contributed by atoms with Crippen molar-refractivity contribution in [2.24, 2.45) is 34.2 Å². The van der Waals surface area contributed by atoms with E-state index in [0.717, 1.165) is 11.8 Å². The molecule has 32 heavy (non-hydrogen) atoms. The van der Waals surface area contributed by atoms with E-state index in [1.54, 1.807) is 12.1 Å². The molecule has 4 saturated carbocycles. The third kappa shape index (κ3) is 4.66. The average Bonchev–Trinajstić information content (AvgIpc) is 2.72. The summed E-state index contributed by atoms with van der Waals surface area (Å²) >= 11 is 0. The van der Waals surface area contributed by atoms with Crippen LogP contribution >= 0.6 is 0 Å². The number of aromatic carboxylic acids is 1. The second-order valence-corrected chi connectivity index (χ2v) is 10.7. The summed E-state index contributed by atoms with van der Waals surface area (Å²) in [6.45, 7) is 5.55. The van der Waals surface area contributed by atoms with Gasteiger partial charge in [0.05, 0.1) is 23.0 Å². The Balaban J connectivity index is 1.49. The molecule has 0 atom stereocenters. The number of amides is 1. The minimum atomic E-state index is -0.998. The smallest absolute Gasteiger partial charge is 0.335 e. The number of rotatable bonds is 6. The Labute approximate surface area is 189 Å². The zero-order valence-electron chi connectivity index (χ0n) is 19.0. The summed E-state index contributed by atoms with van der Waals surface area (Å²) < 4.78 is 0. The van der Waals surface area contributed by atoms with E-state index in [1.165, 1.54) is 50.5 Å². The molecule has 4 bridgehead atoms. The van der Waals surface area contributed by atoms with Crippen molar-refractivity contribution >= 4 is 23.8 Å². The van der Waals surface area contributed by atoms with Gasteiger partial charge in [-0.3, -0.25) is 10.2 Å². The van der Waals surface area contributed by atoms with E-state index in [-0.39, 0.29) is 28.8 Å². The number of carbonyl (C=O) groups is 2. The van der Waals surface area contributed by atoms with Gasteiger partial charge < -0.3 is 15.5 Å². The summed E-state index contributed by atoms with van der Waals surface area (Å²) in [5.74, 6) is 1.42. The highest BCUT2D eigenvalue weighted by Gasteiger charge is 2.48. The molecule has 1 aromatic rings. The minimum Gasteiger partial charge on any atom is -0.511 e. The quantitative estimate of drug-likeness (QED) is 0.224. The number of aliphatic hydroxyl groups is 1. The summed E-state index contributed by atoms with van der Waals surface area (Å²) in [5.41, 5.74) is 3.12. The van der Waals surface area contributed by atoms with Crippen molar-refractivity contribution in [1.82, 2.24) is 5.32 Å². The van der Waals surface area contributed by atoms with Crippen LogP contribution in [0.2, 0.25) is 0 Å². The number of carbonyl (C=O) groups excluding carboxylic acids is 1. The Hall–Kier alpha value is -2.83. The molecule has 0 heterocycles. The van der Waals surface area contributed by atoms with Crippen LogP contribution in [0.25, 0.3) is 0 Å². The molecule has 0 unspecified atom stereocenters. The van der Waals surface area contributed by atoms with Gasteiger partial charge in [-0.15, -0.1) is 0 Å². The van der Waals surface area contributed by atoms with Crippen LogP contribution in [0.1, 0.15) is 63.2 Å². The number of carboxylic acids is 1. The lowest BCUT2D eigenvalue weighted by molar-refractivity contribution is -0.121. The number of carboxylic acid groups (broad SMARTS) is 1. The molecule has 0 aliphatic heterocycles. The number of hydrogen-bond acceptors (Lipinski definition) is 5. The number of benzene rings is 1. The Bertz CT molecular complexity index is 915. The average molecular weight is 440 g/mol. The standard InChI is InChI=1S/C25H33N3O4/c1-25(2,3)22(29)20(13-26-28-19-6-4-16(5-7-19)24(31)32)23(30)27-21-17-9-14-8-15(11-17)12-18(21)10-14/h4-7,13-15,17-18,21,28-29H,8-12H2,1-3H3,(H,27,30)(H,31,32). The van der Waals surface area contributed by atoms with E-state index in [4.69, 9.17) is 5.11 Å². The number of aliphatic hydroxyl groups excluding tert-OH is 1. The van der Waals surface area contributed by atoms with Gasteiger partial charge in [0.25, 0.3) is 5.91 Å². The molecule has 7 heteroatoms. The number of anilines is 1. The van der Waals surface area contributed by atoms with Crippen LogP contribution in [-0.4, -0.2) is 34.3 Å². The summed E-state index contributed by atoms with van der Waals surface area (Å²) in [6, 6.07) is 6.32. The first-order chi connectivity index (χ1) is 15.1. The fraction of sp³-hybridized carbons (Fsp3) is 0.560. The first kappa shape index (κ1) is 22.4. The highest BCUT2D eigenvalue weighted by atomic mass is 16.4. The molecule has 172 valence electrons. The van der Waals surface area contributed by atoms with Crippen molar-refractivity contribution in [2.75, 3.05) is 5.43 Å². The molecule has 7 nitrogen and oxygen atoms in total. The molecule has 4 N–H and O–H groups in total. The van der Waals surface area contributed by atoms with Crippen LogP contribution in [0.5, 0.6) is 0 Å². The highest BCUT2D eigenvalue weighted by molar-refractivity contribution is 6.13. The summed E-state index contributed by atoms with van der Waals surface area (Å²) in [6.07, 6.45) is 7.51. The molecular weight excluding hydrogens is 406 g/mol. The Morgan fingerprint density at radius 1 is 0.969 bits per heavy atom. The van der Waals surface area contributed by atoms with E-state index in [9.17, 15) is 14.7 Å². The number of nitrogens with one attached hydrogen (secondary N) is 2. The second-order valence-electron chi connectivity index (χ2n) is 10.7. The Kier molecular flexibility index (Phi) is 6.01. The van der Waals surface area contributed by atoms with Gasteiger partial charge >= 0.3 is 5.97 Å². The SMILES string of the molecule is CC(C)(C)C(O)=C(C=NNc1ccc(C(=O)O)cc1)C(=O)NC1C2CC3CC(C2)CC1C3. The topological polar surface area (TPSA) is 111 Å². The van der Waals surface area contributed by atoms with Crippen molar-refractivity contribution in [3.63, 3.8) is 0 Å². The fourth-order valence-corrected chi connectivity index (χ4v) is 5.88. The molecule has 4 aliphatic rings. The summed E-state index contributed by atoms with van der Waals surface area (Å²) in [7, 11) is 0. The third-order valence-electron chi connectivity index (χ3n) is 7.25. The van der Waals surface area contributed by atoms with Crippen LogP contribution in [0, 0.1) is 29.1 Å². The van der Waals surface area contributed by atoms with Crippen LogP contribution in [0.3, 0.4) is 0 Å². The first-order valence-electron chi connectivity index (χ1n) is 11.5. The number of nitrogens with zero attached hydrogens (tertiary/aromatic N) is 1. The Morgan fingerprint density at radius 3 is 2.03 bits per heavy atom. The summed E-state index contributed by atoms with van der Waals surface area (Å²) in [4.78, 5) is 24.3. The summed E-state index contributed by atoms with van der Waals surface area (Å²) in [5, 5.41) is 27.2. The monoisotopic (exact) mass is 439 g/mol. The molecule has 5 rings (SSSR count). The predicted molar refractivity (Wildman–Crippen MR) is 124 cm³/mol. The maximum Gasteiger partial charge on any atom is 0.335 e. The molecular formula is C25H33N3O4. The van der Waals surface area contributed by atoms with E-state index in [1.807, 2.05) is 20.8 Å². The molecule has 4 fully saturated rings. The molecule has 1 aromatic carbocycles. The van der Waals surface area contributed by atoms with Gasteiger partial charge in [0.1, 0.15) is 5.76 Å². The zero-order valence-corrected chi connectivity index (χ0v) is 19.0. The van der Waals surface area contributed by atoms with Gasteiger partial charge in [0.2, 0.25) is 0 Å². The molecule has 0 saturated heterocycles. The maximum atomic E-state index is 13.3. The fourth-order valence-electron chi connectivity index (χ4n) is 5.88. The van der Waals surface area contributed by atoms with Crippen molar-refractivity contribution < 1.29 is 19.8 Å². The largest absolute Gasteiger partial charge is 0.511 e. The highest BCUT2D eigenvalue weighted by Crippen LogP contribution is 2.53. The van der Waals surface area contributed by atoms with Gasteiger partial charge in [-0.2, -0.15) is 5.10 Å². The van der Waals surface area contributed by atoms with Gasteiger partial charge in [0.15, 0.2) is 0 Å². The lowest BCUT2D eigenvalue weighted by Gasteiger charge is -2.54.